The van der Waals surface area contributed by atoms with Crippen LogP contribution in [0.15, 0.2) is 12.4 Å². The van der Waals surface area contributed by atoms with Gasteiger partial charge in [0, 0.05) is 6.07 Å². The summed E-state index contributed by atoms with van der Waals surface area (Å²) in [5.74, 6) is 1.26. The first kappa shape index (κ1) is 11.6. The number of aromatic nitrogens is 2. The molecule has 2 rings (SSSR count). The highest BCUT2D eigenvalue weighted by molar-refractivity contribution is 6.29. The molecule has 0 saturated heterocycles. The Kier molecular flexibility index (Phi) is 3.99. The maximum Gasteiger partial charge on any atom is 0.218 e. The van der Waals surface area contributed by atoms with Crippen LogP contribution in [0.3, 0.4) is 0 Å². The predicted molar refractivity (Wildman–Crippen MR) is 63.7 cm³/mol. The van der Waals surface area contributed by atoms with E-state index in [4.69, 9.17) is 16.3 Å². The highest BCUT2D eigenvalue weighted by Gasteiger charge is 2.25. The first-order valence-corrected chi connectivity index (χ1v) is 6.31. The molecular weight excluding hydrogens is 224 g/mol. The van der Waals surface area contributed by atoms with Gasteiger partial charge in [-0.15, -0.1) is 0 Å². The zero-order valence-electron chi connectivity index (χ0n) is 9.53. The van der Waals surface area contributed by atoms with E-state index in [0.717, 1.165) is 6.42 Å². The average molecular weight is 241 g/mol. The Morgan fingerprint density at radius 1 is 1.38 bits per heavy atom. The van der Waals surface area contributed by atoms with E-state index in [1.54, 1.807) is 6.07 Å². The standard InChI is InChI=1S/C12H17ClN2O/c1-2-9-5-3-4-6-10(9)16-12-7-11(13)14-8-15-12/h7-10H,2-6H2,1H3. The second-order valence-electron chi connectivity index (χ2n) is 4.29. The molecule has 1 aromatic rings. The maximum atomic E-state index is 5.90. The number of rotatable bonds is 3. The molecule has 1 aromatic heterocycles. The second kappa shape index (κ2) is 5.48. The fourth-order valence-electron chi connectivity index (χ4n) is 2.33. The van der Waals surface area contributed by atoms with Crippen molar-refractivity contribution in [1.82, 2.24) is 9.97 Å². The van der Waals surface area contributed by atoms with Gasteiger partial charge >= 0.3 is 0 Å². The van der Waals surface area contributed by atoms with Crippen LogP contribution in [-0.4, -0.2) is 16.1 Å². The zero-order chi connectivity index (χ0) is 11.4. The van der Waals surface area contributed by atoms with Gasteiger partial charge in [0.15, 0.2) is 0 Å². The van der Waals surface area contributed by atoms with Crippen LogP contribution in [-0.2, 0) is 0 Å². The first-order chi connectivity index (χ1) is 7.79. The van der Waals surface area contributed by atoms with Crippen LogP contribution in [0.2, 0.25) is 5.15 Å². The molecule has 16 heavy (non-hydrogen) atoms. The zero-order valence-corrected chi connectivity index (χ0v) is 10.3. The van der Waals surface area contributed by atoms with E-state index in [-0.39, 0.29) is 0 Å². The third kappa shape index (κ3) is 2.85. The number of ether oxygens (including phenoxy) is 1. The van der Waals surface area contributed by atoms with E-state index in [0.29, 0.717) is 23.1 Å². The predicted octanol–water partition coefficient (Wildman–Crippen LogP) is 3.48. The van der Waals surface area contributed by atoms with Gasteiger partial charge in [-0.3, -0.25) is 0 Å². The highest BCUT2D eigenvalue weighted by atomic mass is 35.5. The lowest BCUT2D eigenvalue weighted by Crippen LogP contribution is -2.30. The van der Waals surface area contributed by atoms with E-state index >= 15 is 0 Å². The lowest BCUT2D eigenvalue weighted by molar-refractivity contribution is 0.0857. The van der Waals surface area contributed by atoms with Crippen LogP contribution in [0.25, 0.3) is 0 Å². The Bertz CT molecular complexity index is 346. The molecule has 2 atom stereocenters. The molecule has 1 fully saturated rings. The first-order valence-electron chi connectivity index (χ1n) is 5.93. The molecule has 0 aliphatic heterocycles. The minimum Gasteiger partial charge on any atom is -0.474 e. The summed E-state index contributed by atoms with van der Waals surface area (Å²) in [5.41, 5.74) is 0. The smallest absolute Gasteiger partial charge is 0.218 e. The number of hydrogen-bond acceptors (Lipinski definition) is 3. The van der Waals surface area contributed by atoms with Crippen LogP contribution in [0, 0.1) is 5.92 Å². The van der Waals surface area contributed by atoms with Gasteiger partial charge in [-0.2, -0.15) is 0 Å². The lowest BCUT2D eigenvalue weighted by atomic mass is 9.85. The minimum atomic E-state index is 0.296. The Morgan fingerprint density at radius 2 is 2.19 bits per heavy atom. The normalized spacial score (nSPS) is 25.4. The van der Waals surface area contributed by atoms with E-state index in [2.05, 4.69) is 16.9 Å². The van der Waals surface area contributed by atoms with Crippen LogP contribution in [0.1, 0.15) is 39.0 Å². The number of halogens is 1. The van der Waals surface area contributed by atoms with Crippen molar-refractivity contribution in [2.24, 2.45) is 5.92 Å². The van der Waals surface area contributed by atoms with E-state index in [1.165, 1.54) is 32.0 Å². The summed E-state index contributed by atoms with van der Waals surface area (Å²) in [4.78, 5) is 7.93. The third-order valence-electron chi connectivity index (χ3n) is 3.24. The van der Waals surface area contributed by atoms with Crippen LogP contribution in [0.5, 0.6) is 5.88 Å². The Balaban J connectivity index is 2.02. The summed E-state index contributed by atoms with van der Waals surface area (Å²) in [6, 6.07) is 1.68. The summed E-state index contributed by atoms with van der Waals surface area (Å²) in [5, 5.41) is 0.439. The van der Waals surface area contributed by atoms with Gasteiger partial charge in [0.2, 0.25) is 5.88 Å². The molecule has 2 unspecified atom stereocenters. The molecule has 0 bridgehead atoms. The number of nitrogens with zero attached hydrogens (tertiary/aromatic N) is 2. The van der Waals surface area contributed by atoms with Crippen LogP contribution >= 0.6 is 11.6 Å². The molecule has 3 nitrogen and oxygen atoms in total. The van der Waals surface area contributed by atoms with E-state index in [9.17, 15) is 0 Å². The van der Waals surface area contributed by atoms with Gasteiger partial charge in [-0.25, -0.2) is 9.97 Å². The molecule has 0 aromatic carbocycles. The molecule has 0 spiro atoms. The highest BCUT2D eigenvalue weighted by Crippen LogP contribution is 2.30. The number of hydrogen-bond donors (Lipinski definition) is 0. The monoisotopic (exact) mass is 240 g/mol. The molecule has 0 radical (unpaired) electrons. The average Bonchev–Trinajstić information content (AvgIpc) is 2.30. The van der Waals surface area contributed by atoms with Crippen molar-refractivity contribution < 1.29 is 4.74 Å². The van der Waals surface area contributed by atoms with Gasteiger partial charge in [-0.05, 0) is 31.6 Å². The molecule has 0 amide bonds. The third-order valence-corrected chi connectivity index (χ3v) is 3.45. The van der Waals surface area contributed by atoms with Crippen molar-refractivity contribution in [3.05, 3.63) is 17.5 Å². The van der Waals surface area contributed by atoms with Crippen molar-refractivity contribution in [3.63, 3.8) is 0 Å². The molecule has 1 aliphatic carbocycles. The topological polar surface area (TPSA) is 35.0 Å². The molecule has 1 aliphatic rings. The summed E-state index contributed by atoms with van der Waals surface area (Å²) in [6.07, 6.45) is 7.87. The van der Waals surface area contributed by atoms with Crippen molar-refractivity contribution in [3.8, 4) is 5.88 Å². The van der Waals surface area contributed by atoms with Crippen molar-refractivity contribution in [1.29, 1.82) is 0 Å². The molecule has 4 heteroatoms. The van der Waals surface area contributed by atoms with Gasteiger partial charge in [0.25, 0.3) is 0 Å². The van der Waals surface area contributed by atoms with Crippen molar-refractivity contribution >= 4 is 11.6 Å². The SMILES string of the molecule is CCC1CCCCC1Oc1cc(Cl)ncn1. The summed E-state index contributed by atoms with van der Waals surface area (Å²) >= 11 is 5.80. The van der Waals surface area contributed by atoms with Crippen molar-refractivity contribution in [2.75, 3.05) is 0 Å². The summed E-state index contributed by atoms with van der Waals surface area (Å²) in [6.45, 7) is 2.22. The molecular formula is C12H17ClN2O. The Morgan fingerprint density at radius 3 is 2.94 bits per heavy atom. The Labute approximate surface area is 101 Å². The van der Waals surface area contributed by atoms with Gasteiger partial charge in [-0.1, -0.05) is 24.9 Å². The van der Waals surface area contributed by atoms with Crippen LogP contribution in [0.4, 0.5) is 0 Å². The molecule has 0 N–H and O–H groups in total. The van der Waals surface area contributed by atoms with Gasteiger partial charge in [0.05, 0.1) is 0 Å². The fraction of sp³-hybridized carbons (Fsp3) is 0.667. The quantitative estimate of drug-likeness (QED) is 0.759. The summed E-state index contributed by atoms with van der Waals surface area (Å²) < 4.78 is 5.90. The van der Waals surface area contributed by atoms with Gasteiger partial charge < -0.3 is 4.74 Å². The van der Waals surface area contributed by atoms with Crippen molar-refractivity contribution in [2.45, 2.75) is 45.1 Å². The Hall–Kier alpha value is -0.830. The van der Waals surface area contributed by atoms with Gasteiger partial charge in [0.1, 0.15) is 17.6 Å². The van der Waals surface area contributed by atoms with E-state index in [1.807, 2.05) is 0 Å². The second-order valence-corrected chi connectivity index (χ2v) is 4.68. The maximum absolute atomic E-state index is 5.90. The summed E-state index contributed by atoms with van der Waals surface area (Å²) in [7, 11) is 0. The minimum absolute atomic E-state index is 0.296. The molecule has 1 saturated carbocycles. The largest absolute Gasteiger partial charge is 0.474 e. The van der Waals surface area contributed by atoms with Crippen LogP contribution < -0.4 is 4.74 Å². The van der Waals surface area contributed by atoms with E-state index < -0.39 is 0 Å². The lowest BCUT2D eigenvalue weighted by Gasteiger charge is -2.30. The fourth-order valence-corrected chi connectivity index (χ4v) is 2.47. The molecule has 88 valence electrons. The molecule has 1 heterocycles.